The number of ether oxygens (including phenoxy) is 2. The van der Waals surface area contributed by atoms with Crippen molar-refractivity contribution >= 4 is 11.9 Å². The number of amides is 1. The summed E-state index contributed by atoms with van der Waals surface area (Å²) in [6.07, 6.45) is 0. The molecular weight excluding hydrogens is 226 g/mol. The minimum atomic E-state index is -1.04. The molecule has 0 spiro atoms. The molecule has 0 aromatic heterocycles. The van der Waals surface area contributed by atoms with E-state index in [9.17, 15) is 9.59 Å². The van der Waals surface area contributed by atoms with E-state index in [2.05, 4.69) is 5.32 Å². The molecule has 1 rings (SSSR count). The number of nitrogens with one attached hydrogen (secondary N) is 1. The molecule has 17 heavy (non-hydrogen) atoms. The van der Waals surface area contributed by atoms with E-state index in [0.717, 1.165) is 0 Å². The van der Waals surface area contributed by atoms with Crippen molar-refractivity contribution in [1.29, 1.82) is 0 Å². The van der Waals surface area contributed by atoms with Crippen LogP contribution in [0.25, 0.3) is 0 Å². The molecule has 1 aromatic rings. The van der Waals surface area contributed by atoms with Crippen LogP contribution in [-0.4, -0.2) is 37.2 Å². The molecule has 0 bridgehead atoms. The molecule has 0 aliphatic heterocycles. The first-order valence-corrected chi connectivity index (χ1v) is 4.90. The van der Waals surface area contributed by atoms with Crippen molar-refractivity contribution in [2.24, 2.45) is 0 Å². The largest absolute Gasteiger partial charge is 0.484 e. The van der Waals surface area contributed by atoms with Crippen molar-refractivity contribution in [2.45, 2.75) is 0 Å². The molecule has 2 N–H and O–H groups in total. The number of carbonyl (C=O) groups excluding carboxylic acids is 1. The molecule has 0 aliphatic rings. The molecule has 1 amide bonds. The fraction of sp³-hybridized carbons (Fsp3) is 0.273. The van der Waals surface area contributed by atoms with Crippen LogP contribution in [0.1, 0.15) is 0 Å². The van der Waals surface area contributed by atoms with Crippen molar-refractivity contribution in [3.05, 3.63) is 24.3 Å². The number of hydrogen-bond acceptors (Lipinski definition) is 4. The summed E-state index contributed by atoms with van der Waals surface area (Å²) in [6, 6.07) is 6.34. The summed E-state index contributed by atoms with van der Waals surface area (Å²) < 4.78 is 10.1. The lowest BCUT2D eigenvalue weighted by Gasteiger charge is -2.06. The van der Waals surface area contributed by atoms with E-state index in [4.69, 9.17) is 14.6 Å². The summed E-state index contributed by atoms with van der Waals surface area (Å²) >= 11 is 0. The van der Waals surface area contributed by atoms with Gasteiger partial charge in [-0.05, 0) is 24.3 Å². The number of benzene rings is 1. The van der Waals surface area contributed by atoms with Crippen LogP contribution in [0.5, 0.6) is 11.5 Å². The lowest BCUT2D eigenvalue weighted by atomic mass is 10.3. The Hall–Kier alpha value is -2.24. The molecule has 1 aromatic carbocycles. The zero-order valence-electron chi connectivity index (χ0n) is 9.30. The predicted molar refractivity (Wildman–Crippen MR) is 59.1 cm³/mol. The van der Waals surface area contributed by atoms with E-state index in [0.29, 0.717) is 11.5 Å². The van der Waals surface area contributed by atoms with E-state index < -0.39 is 12.6 Å². The molecule has 0 atom stereocenters. The molecule has 0 aliphatic carbocycles. The summed E-state index contributed by atoms with van der Waals surface area (Å²) in [5.74, 6) is -0.322. The first kappa shape index (κ1) is 12.8. The average Bonchev–Trinajstić information content (AvgIpc) is 2.34. The number of carbonyl (C=O) groups is 2. The van der Waals surface area contributed by atoms with E-state index >= 15 is 0 Å². The Kier molecular flexibility index (Phi) is 4.80. The number of hydrogen-bond donors (Lipinski definition) is 2. The highest BCUT2D eigenvalue weighted by molar-refractivity contribution is 5.77. The molecule has 6 heteroatoms. The molecule has 0 fully saturated rings. The summed E-state index contributed by atoms with van der Waals surface area (Å²) in [7, 11) is 1.52. The minimum absolute atomic E-state index is 0.0637. The average molecular weight is 239 g/mol. The van der Waals surface area contributed by atoms with Crippen molar-refractivity contribution in [1.82, 2.24) is 5.32 Å². The second-order valence-corrected chi connectivity index (χ2v) is 3.12. The minimum Gasteiger partial charge on any atom is -0.484 e. The molecule has 92 valence electrons. The lowest BCUT2D eigenvalue weighted by molar-refractivity contribution is -0.139. The summed E-state index contributed by atoms with van der Waals surface area (Å²) in [5.41, 5.74) is 0. The van der Waals surface area contributed by atoms with Crippen molar-refractivity contribution < 1.29 is 24.2 Å². The Morgan fingerprint density at radius 2 is 1.59 bits per heavy atom. The molecule has 0 saturated carbocycles. The molecule has 0 heterocycles. The van der Waals surface area contributed by atoms with E-state index in [1.165, 1.54) is 7.05 Å². The normalized spacial score (nSPS) is 9.47. The fourth-order valence-corrected chi connectivity index (χ4v) is 0.998. The first-order valence-electron chi connectivity index (χ1n) is 4.90. The standard InChI is InChI=1S/C11H13NO5/c1-12-10(13)6-16-8-2-4-9(5-3-8)17-7-11(14)15/h2-5H,6-7H2,1H3,(H,12,13)(H,14,15). The number of carboxylic acids is 1. The number of carboxylic acid groups (broad SMARTS) is 1. The van der Waals surface area contributed by atoms with Crippen LogP contribution in [0.15, 0.2) is 24.3 Å². The van der Waals surface area contributed by atoms with Crippen LogP contribution >= 0.6 is 0 Å². The number of likely N-dealkylation sites (N-methyl/N-ethyl adjacent to an activating group) is 1. The third kappa shape index (κ3) is 4.87. The van der Waals surface area contributed by atoms with Gasteiger partial charge in [-0.1, -0.05) is 0 Å². The highest BCUT2D eigenvalue weighted by atomic mass is 16.5. The maximum Gasteiger partial charge on any atom is 0.341 e. The van der Waals surface area contributed by atoms with Crippen LogP contribution in [0.2, 0.25) is 0 Å². The summed E-state index contributed by atoms with van der Waals surface area (Å²) in [6.45, 7) is -0.454. The molecular formula is C11H13NO5. The summed E-state index contributed by atoms with van der Waals surface area (Å²) in [4.78, 5) is 21.2. The van der Waals surface area contributed by atoms with Crippen molar-refractivity contribution in [2.75, 3.05) is 20.3 Å². The van der Waals surface area contributed by atoms with Crippen molar-refractivity contribution in [3.63, 3.8) is 0 Å². The van der Waals surface area contributed by atoms with Gasteiger partial charge in [0, 0.05) is 7.05 Å². The maximum absolute atomic E-state index is 10.9. The van der Waals surface area contributed by atoms with E-state index in [-0.39, 0.29) is 12.5 Å². The van der Waals surface area contributed by atoms with Gasteiger partial charge in [0.15, 0.2) is 13.2 Å². The molecule has 0 unspecified atom stereocenters. The van der Waals surface area contributed by atoms with Crippen LogP contribution in [0, 0.1) is 0 Å². The third-order valence-corrected chi connectivity index (χ3v) is 1.83. The van der Waals surface area contributed by atoms with Gasteiger partial charge in [0.1, 0.15) is 11.5 Å². The quantitative estimate of drug-likeness (QED) is 0.744. The zero-order valence-corrected chi connectivity index (χ0v) is 9.30. The van der Waals surface area contributed by atoms with Crippen LogP contribution in [0.4, 0.5) is 0 Å². The lowest BCUT2D eigenvalue weighted by Crippen LogP contribution is -2.24. The van der Waals surface area contributed by atoms with Gasteiger partial charge in [-0.25, -0.2) is 4.79 Å². The van der Waals surface area contributed by atoms with Gasteiger partial charge < -0.3 is 19.9 Å². The van der Waals surface area contributed by atoms with Crippen LogP contribution < -0.4 is 14.8 Å². The monoisotopic (exact) mass is 239 g/mol. The van der Waals surface area contributed by atoms with Crippen molar-refractivity contribution in [3.8, 4) is 11.5 Å². The van der Waals surface area contributed by atoms with Crippen LogP contribution in [0.3, 0.4) is 0 Å². The maximum atomic E-state index is 10.9. The third-order valence-electron chi connectivity index (χ3n) is 1.83. The van der Waals surface area contributed by atoms with E-state index in [1.54, 1.807) is 24.3 Å². The van der Waals surface area contributed by atoms with Gasteiger partial charge in [-0.15, -0.1) is 0 Å². The first-order chi connectivity index (χ1) is 8.11. The zero-order chi connectivity index (χ0) is 12.7. The van der Waals surface area contributed by atoms with Gasteiger partial charge in [-0.3, -0.25) is 4.79 Å². The highest BCUT2D eigenvalue weighted by Crippen LogP contribution is 2.17. The van der Waals surface area contributed by atoms with Gasteiger partial charge in [0.25, 0.3) is 5.91 Å². The van der Waals surface area contributed by atoms with E-state index in [1.807, 2.05) is 0 Å². The fourth-order valence-electron chi connectivity index (χ4n) is 0.998. The Labute approximate surface area is 98.2 Å². The summed E-state index contributed by atoms with van der Waals surface area (Å²) in [5, 5.41) is 10.8. The Balaban J connectivity index is 2.44. The molecule has 0 radical (unpaired) electrons. The smallest absolute Gasteiger partial charge is 0.341 e. The second-order valence-electron chi connectivity index (χ2n) is 3.12. The molecule has 0 saturated heterocycles. The van der Waals surface area contributed by atoms with Crippen LogP contribution in [-0.2, 0) is 9.59 Å². The second kappa shape index (κ2) is 6.37. The Morgan fingerprint density at radius 1 is 1.12 bits per heavy atom. The van der Waals surface area contributed by atoms with Gasteiger partial charge >= 0.3 is 5.97 Å². The predicted octanol–water partition coefficient (Wildman–Crippen LogP) is 0.275. The topological polar surface area (TPSA) is 84.9 Å². The molecule has 6 nitrogen and oxygen atoms in total. The van der Waals surface area contributed by atoms with Gasteiger partial charge in [0.2, 0.25) is 0 Å². The Bertz CT molecular complexity index is 387. The number of aliphatic carboxylic acids is 1. The SMILES string of the molecule is CNC(=O)COc1ccc(OCC(=O)O)cc1. The number of rotatable bonds is 6. The van der Waals surface area contributed by atoms with Gasteiger partial charge in [0.05, 0.1) is 0 Å². The Morgan fingerprint density at radius 3 is 2.00 bits per heavy atom. The van der Waals surface area contributed by atoms with Gasteiger partial charge in [-0.2, -0.15) is 0 Å². The highest BCUT2D eigenvalue weighted by Gasteiger charge is 2.01.